The van der Waals surface area contributed by atoms with Crippen LogP contribution in [0.3, 0.4) is 0 Å². The van der Waals surface area contributed by atoms with Gasteiger partial charge in [0.1, 0.15) is 0 Å². The van der Waals surface area contributed by atoms with Crippen LogP contribution in [0.1, 0.15) is 21.5 Å². The normalized spacial score (nSPS) is 10.2. The average Bonchev–Trinajstić information content (AvgIpc) is 2.64. The predicted molar refractivity (Wildman–Crippen MR) is 96.7 cm³/mol. The number of amides is 1. The molecule has 0 bridgehead atoms. The second-order valence-electron chi connectivity index (χ2n) is 5.58. The maximum Gasteiger partial charge on any atom is 0.270 e. The van der Waals surface area contributed by atoms with Gasteiger partial charge in [-0.2, -0.15) is 0 Å². The third kappa shape index (κ3) is 4.09. The third-order valence-corrected chi connectivity index (χ3v) is 3.82. The molecule has 0 aliphatic heterocycles. The van der Waals surface area contributed by atoms with Crippen LogP contribution in [0.15, 0.2) is 78.9 Å². The number of hydrogen-bond acceptors (Lipinski definition) is 3. The number of carbonyl (C=O) groups is 1. The molecule has 0 fully saturated rings. The van der Waals surface area contributed by atoms with Crippen molar-refractivity contribution in [2.24, 2.45) is 0 Å². The van der Waals surface area contributed by atoms with Crippen molar-refractivity contribution in [3.63, 3.8) is 0 Å². The molecule has 0 aliphatic rings. The summed E-state index contributed by atoms with van der Waals surface area (Å²) >= 11 is 0. The van der Waals surface area contributed by atoms with Gasteiger partial charge in [0.2, 0.25) is 0 Å². The minimum absolute atomic E-state index is 0.106. The van der Waals surface area contributed by atoms with E-state index in [4.69, 9.17) is 0 Å². The molecule has 0 radical (unpaired) electrons. The van der Waals surface area contributed by atoms with Gasteiger partial charge in [-0.25, -0.2) is 0 Å². The van der Waals surface area contributed by atoms with Gasteiger partial charge in [-0.15, -0.1) is 0 Å². The molecular weight excluding hydrogens is 316 g/mol. The van der Waals surface area contributed by atoms with Crippen LogP contribution >= 0.6 is 0 Å². The Bertz CT molecular complexity index is 908. The van der Waals surface area contributed by atoms with Crippen LogP contribution < -0.4 is 5.32 Å². The van der Waals surface area contributed by atoms with E-state index in [0.29, 0.717) is 12.1 Å². The van der Waals surface area contributed by atoms with Crippen molar-refractivity contribution < 1.29 is 9.72 Å². The molecule has 0 saturated heterocycles. The highest BCUT2D eigenvalue weighted by Gasteiger charge is 2.13. The minimum atomic E-state index is -0.514. The molecule has 0 heterocycles. The molecule has 0 atom stereocenters. The van der Waals surface area contributed by atoms with E-state index in [9.17, 15) is 14.9 Å². The number of carbonyl (C=O) groups excluding carboxylic acids is 1. The zero-order chi connectivity index (χ0) is 17.6. The fourth-order valence-corrected chi connectivity index (χ4v) is 2.57. The first-order valence-corrected chi connectivity index (χ1v) is 7.81. The standard InChI is InChI=1S/C20H16N2O3/c23-20(17-10-6-11-18(14-17)22(24)25)21-19-12-5-4-9-16(19)13-15-7-2-1-3-8-15/h1-12,14H,13H2,(H,21,23). The Morgan fingerprint density at radius 3 is 2.40 bits per heavy atom. The lowest BCUT2D eigenvalue weighted by atomic mass is 10.0. The number of non-ortho nitro benzene ring substituents is 1. The van der Waals surface area contributed by atoms with Crippen molar-refractivity contribution in [3.8, 4) is 0 Å². The highest BCUT2D eigenvalue weighted by Crippen LogP contribution is 2.21. The largest absolute Gasteiger partial charge is 0.322 e. The van der Waals surface area contributed by atoms with Crippen LogP contribution in [-0.2, 0) is 6.42 Å². The van der Waals surface area contributed by atoms with Crippen molar-refractivity contribution in [1.82, 2.24) is 0 Å². The summed E-state index contributed by atoms with van der Waals surface area (Å²) in [5.74, 6) is -0.371. The third-order valence-electron chi connectivity index (χ3n) is 3.82. The summed E-state index contributed by atoms with van der Waals surface area (Å²) in [7, 11) is 0. The highest BCUT2D eigenvalue weighted by atomic mass is 16.6. The first-order chi connectivity index (χ1) is 12.1. The quantitative estimate of drug-likeness (QED) is 0.554. The number of nitro benzene ring substituents is 1. The lowest BCUT2D eigenvalue weighted by Gasteiger charge is -2.11. The van der Waals surface area contributed by atoms with Crippen LogP contribution in [-0.4, -0.2) is 10.8 Å². The smallest absolute Gasteiger partial charge is 0.270 e. The van der Waals surface area contributed by atoms with E-state index in [1.54, 1.807) is 6.07 Å². The molecule has 5 heteroatoms. The van der Waals surface area contributed by atoms with E-state index in [-0.39, 0.29) is 17.2 Å². The Morgan fingerprint density at radius 1 is 0.920 bits per heavy atom. The van der Waals surface area contributed by atoms with Crippen molar-refractivity contribution in [1.29, 1.82) is 0 Å². The van der Waals surface area contributed by atoms with Gasteiger partial charge in [-0.3, -0.25) is 14.9 Å². The number of hydrogen-bond donors (Lipinski definition) is 1. The summed E-state index contributed by atoms with van der Waals surface area (Å²) in [5.41, 5.74) is 2.96. The molecule has 1 amide bonds. The average molecular weight is 332 g/mol. The summed E-state index contributed by atoms with van der Waals surface area (Å²) in [6.07, 6.45) is 0.687. The first kappa shape index (κ1) is 16.4. The van der Waals surface area contributed by atoms with Crippen LogP contribution in [0.5, 0.6) is 0 Å². The molecule has 0 saturated carbocycles. The lowest BCUT2D eigenvalue weighted by molar-refractivity contribution is -0.384. The van der Waals surface area contributed by atoms with Gasteiger partial charge in [-0.05, 0) is 29.7 Å². The summed E-state index contributed by atoms with van der Waals surface area (Å²) in [6, 6.07) is 23.2. The van der Waals surface area contributed by atoms with Gasteiger partial charge >= 0.3 is 0 Å². The van der Waals surface area contributed by atoms with Gasteiger partial charge in [-0.1, -0.05) is 54.6 Å². The molecule has 0 spiro atoms. The fraction of sp³-hybridized carbons (Fsp3) is 0.0500. The molecule has 0 aliphatic carbocycles. The first-order valence-electron chi connectivity index (χ1n) is 7.81. The summed E-state index contributed by atoms with van der Waals surface area (Å²) in [4.78, 5) is 22.8. The molecule has 3 aromatic carbocycles. The molecule has 25 heavy (non-hydrogen) atoms. The van der Waals surface area contributed by atoms with Crippen molar-refractivity contribution in [3.05, 3.63) is 106 Å². The Balaban J connectivity index is 1.82. The van der Waals surface area contributed by atoms with Gasteiger partial charge in [0.15, 0.2) is 0 Å². The van der Waals surface area contributed by atoms with Crippen LogP contribution in [0.2, 0.25) is 0 Å². The van der Waals surface area contributed by atoms with E-state index >= 15 is 0 Å². The van der Waals surface area contributed by atoms with E-state index in [2.05, 4.69) is 5.32 Å². The summed E-state index contributed by atoms with van der Waals surface area (Å²) < 4.78 is 0. The maximum absolute atomic E-state index is 12.5. The molecule has 3 aromatic rings. The van der Waals surface area contributed by atoms with Crippen LogP contribution in [0.25, 0.3) is 0 Å². The van der Waals surface area contributed by atoms with Crippen LogP contribution in [0.4, 0.5) is 11.4 Å². The SMILES string of the molecule is O=C(Nc1ccccc1Cc1ccccc1)c1cccc([N+](=O)[O-])c1. The number of nitrogens with zero attached hydrogens (tertiary/aromatic N) is 1. The van der Waals surface area contributed by atoms with Gasteiger partial charge in [0, 0.05) is 23.4 Å². The Hall–Kier alpha value is -3.47. The number of para-hydroxylation sites is 1. The Kier molecular flexibility index (Phi) is 4.85. The second-order valence-corrected chi connectivity index (χ2v) is 5.58. The zero-order valence-electron chi connectivity index (χ0n) is 13.4. The molecule has 124 valence electrons. The second kappa shape index (κ2) is 7.40. The van der Waals surface area contributed by atoms with Gasteiger partial charge < -0.3 is 5.32 Å². The van der Waals surface area contributed by atoms with Gasteiger partial charge in [0.05, 0.1) is 4.92 Å². The molecule has 0 aromatic heterocycles. The summed E-state index contributed by atoms with van der Waals surface area (Å²) in [6.45, 7) is 0. The Morgan fingerprint density at radius 2 is 1.64 bits per heavy atom. The lowest BCUT2D eigenvalue weighted by Crippen LogP contribution is -2.13. The number of nitrogens with one attached hydrogen (secondary N) is 1. The molecule has 0 unspecified atom stereocenters. The highest BCUT2D eigenvalue weighted by molar-refractivity contribution is 6.05. The topological polar surface area (TPSA) is 72.2 Å². The molecule has 1 N–H and O–H groups in total. The van der Waals surface area contributed by atoms with Crippen molar-refractivity contribution >= 4 is 17.3 Å². The molecule has 5 nitrogen and oxygen atoms in total. The van der Waals surface area contributed by atoms with Gasteiger partial charge in [0.25, 0.3) is 11.6 Å². The van der Waals surface area contributed by atoms with Crippen LogP contribution in [0, 0.1) is 10.1 Å². The molecule has 3 rings (SSSR count). The number of anilines is 1. The number of rotatable bonds is 5. The van der Waals surface area contributed by atoms with E-state index in [1.165, 1.54) is 18.2 Å². The maximum atomic E-state index is 12.5. The van der Waals surface area contributed by atoms with Crippen molar-refractivity contribution in [2.75, 3.05) is 5.32 Å². The minimum Gasteiger partial charge on any atom is -0.322 e. The molecular formula is C20H16N2O3. The van der Waals surface area contributed by atoms with E-state index in [1.807, 2.05) is 54.6 Å². The predicted octanol–water partition coefficient (Wildman–Crippen LogP) is 4.44. The summed E-state index contributed by atoms with van der Waals surface area (Å²) in [5, 5.41) is 13.7. The van der Waals surface area contributed by atoms with Crippen molar-refractivity contribution in [2.45, 2.75) is 6.42 Å². The zero-order valence-corrected chi connectivity index (χ0v) is 13.4. The van der Waals surface area contributed by atoms with E-state index < -0.39 is 4.92 Å². The fourth-order valence-electron chi connectivity index (χ4n) is 2.57. The number of nitro groups is 1. The monoisotopic (exact) mass is 332 g/mol. The Labute approximate surface area is 145 Å². The number of benzene rings is 3. The van der Waals surface area contributed by atoms with E-state index in [0.717, 1.165) is 11.1 Å².